The molecule has 94 valence electrons. The van der Waals surface area contributed by atoms with Gasteiger partial charge in [-0.15, -0.1) is 0 Å². The second-order valence-corrected chi connectivity index (χ2v) is 4.43. The van der Waals surface area contributed by atoms with Crippen molar-refractivity contribution in [3.8, 4) is 0 Å². The van der Waals surface area contributed by atoms with Crippen LogP contribution in [0.1, 0.15) is 12.2 Å². The van der Waals surface area contributed by atoms with Crippen LogP contribution >= 0.6 is 0 Å². The third kappa shape index (κ3) is 3.28. The van der Waals surface area contributed by atoms with Gasteiger partial charge in [0.05, 0.1) is 12.6 Å². The van der Waals surface area contributed by atoms with Crippen LogP contribution in [-0.2, 0) is 6.54 Å². The number of hydrogen-bond acceptors (Lipinski definition) is 5. The van der Waals surface area contributed by atoms with Gasteiger partial charge >= 0.3 is 5.88 Å². The van der Waals surface area contributed by atoms with Crippen molar-refractivity contribution >= 4 is 5.88 Å². The van der Waals surface area contributed by atoms with E-state index in [0.717, 1.165) is 32.6 Å². The summed E-state index contributed by atoms with van der Waals surface area (Å²) in [6.07, 6.45) is 1.12. The summed E-state index contributed by atoms with van der Waals surface area (Å²) in [5, 5.41) is 10.5. The molecular weight excluding hydrogens is 222 g/mol. The van der Waals surface area contributed by atoms with E-state index in [2.05, 4.69) is 16.8 Å². The van der Waals surface area contributed by atoms with E-state index >= 15 is 0 Å². The van der Waals surface area contributed by atoms with Gasteiger partial charge in [-0.05, 0) is 32.6 Å². The number of likely N-dealkylation sites (N-methyl/N-ethyl adjacent to an activating group) is 1. The van der Waals surface area contributed by atoms with E-state index in [9.17, 15) is 10.1 Å². The first-order valence-electron chi connectivity index (χ1n) is 5.79. The van der Waals surface area contributed by atoms with Crippen molar-refractivity contribution in [2.45, 2.75) is 13.0 Å². The Morgan fingerprint density at radius 3 is 2.88 bits per heavy atom. The molecule has 0 bridgehead atoms. The van der Waals surface area contributed by atoms with E-state index in [-0.39, 0.29) is 5.88 Å². The van der Waals surface area contributed by atoms with Gasteiger partial charge in [-0.2, -0.15) is 0 Å². The SMILES string of the molecule is CN1CCCN(Cc2ccc([N+](=O)[O-])o2)CC1. The van der Waals surface area contributed by atoms with Crippen LogP contribution in [0, 0.1) is 10.1 Å². The van der Waals surface area contributed by atoms with Crippen molar-refractivity contribution in [2.75, 3.05) is 33.2 Å². The summed E-state index contributed by atoms with van der Waals surface area (Å²) >= 11 is 0. The van der Waals surface area contributed by atoms with Gasteiger partial charge in [0.25, 0.3) is 0 Å². The molecule has 0 amide bonds. The fourth-order valence-corrected chi connectivity index (χ4v) is 2.03. The smallest absolute Gasteiger partial charge is 0.404 e. The molecule has 2 rings (SSSR count). The standard InChI is InChI=1S/C11H17N3O3/c1-12-5-2-6-13(8-7-12)9-10-3-4-11(17-10)14(15)16/h3-4H,2,5-9H2,1H3. The highest BCUT2D eigenvalue weighted by Crippen LogP contribution is 2.17. The normalized spacial score (nSPS) is 19.1. The Hall–Kier alpha value is -1.40. The van der Waals surface area contributed by atoms with Crippen LogP contribution in [0.3, 0.4) is 0 Å². The average Bonchev–Trinajstić information content (AvgIpc) is 2.65. The van der Waals surface area contributed by atoms with Crippen LogP contribution in [0.25, 0.3) is 0 Å². The first kappa shape index (κ1) is 12.1. The van der Waals surface area contributed by atoms with Gasteiger partial charge in [-0.1, -0.05) is 0 Å². The molecule has 6 heteroatoms. The number of nitro groups is 1. The topological polar surface area (TPSA) is 62.8 Å². The molecule has 1 aliphatic rings. The molecule has 1 fully saturated rings. The van der Waals surface area contributed by atoms with E-state index in [1.54, 1.807) is 6.07 Å². The number of rotatable bonds is 3. The summed E-state index contributed by atoms with van der Waals surface area (Å²) in [4.78, 5) is 14.6. The molecule has 17 heavy (non-hydrogen) atoms. The highest BCUT2D eigenvalue weighted by molar-refractivity contribution is 5.17. The van der Waals surface area contributed by atoms with Crippen molar-refractivity contribution in [1.29, 1.82) is 0 Å². The highest BCUT2D eigenvalue weighted by atomic mass is 16.6. The van der Waals surface area contributed by atoms with Crippen molar-refractivity contribution in [3.63, 3.8) is 0 Å². The Morgan fingerprint density at radius 2 is 2.18 bits per heavy atom. The maximum Gasteiger partial charge on any atom is 0.433 e. The molecule has 0 radical (unpaired) electrons. The Morgan fingerprint density at radius 1 is 1.35 bits per heavy atom. The van der Waals surface area contributed by atoms with Crippen LogP contribution in [0.5, 0.6) is 0 Å². The molecule has 1 aromatic rings. The number of hydrogen-bond donors (Lipinski definition) is 0. The Balaban J connectivity index is 1.93. The number of furan rings is 1. The lowest BCUT2D eigenvalue weighted by Crippen LogP contribution is -2.28. The molecular formula is C11H17N3O3. The lowest BCUT2D eigenvalue weighted by molar-refractivity contribution is -0.402. The minimum Gasteiger partial charge on any atom is -0.404 e. The first-order valence-corrected chi connectivity index (χ1v) is 5.79. The van der Waals surface area contributed by atoms with Crippen LogP contribution in [0.15, 0.2) is 16.5 Å². The lowest BCUT2D eigenvalue weighted by atomic mass is 10.3. The van der Waals surface area contributed by atoms with E-state index in [1.807, 2.05) is 0 Å². The Kier molecular flexibility index (Phi) is 3.75. The molecule has 0 saturated carbocycles. The molecule has 1 saturated heterocycles. The van der Waals surface area contributed by atoms with Gasteiger partial charge in [0.15, 0.2) is 0 Å². The predicted molar refractivity (Wildman–Crippen MR) is 62.8 cm³/mol. The minimum atomic E-state index is -0.500. The van der Waals surface area contributed by atoms with Gasteiger partial charge in [0, 0.05) is 13.1 Å². The fraction of sp³-hybridized carbons (Fsp3) is 0.636. The zero-order valence-electron chi connectivity index (χ0n) is 9.96. The molecule has 1 aliphatic heterocycles. The van der Waals surface area contributed by atoms with Crippen LogP contribution in [0.4, 0.5) is 5.88 Å². The summed E-state index contributed by atoms with van der Waals surface area (Å²) in [6.45, 7) is 4.78. The van der Waals surface area contributed by atoms with Gasteiger partial charge in [0.1, 0.15) is 10.7 Å². The second kappa shape index (κ2) is 5.29. The summed E-state index contributed by atoms with van der Waals surface area (Å²) < 4.78 is 5.16. The van der Waals surface area contributed by atoms with Crippen molar-refractivity contribution in [3.05, 3.63) is 28.0 Å². The zero-order valence-corrected chi connectivity index (χ0v) is 9.96. The van der Waals surface area contributed by atoms with Crippen LogP contribution < -0.4 is 0 Å². The zero-order chi connectivity index (χ0) is 12.3. The molecule has 0 aromatic carbocycles. The Labute approximate surface area is 99.9 Å². The fourth-order valence-electron chi connectivity index (χ4n) is 2.03. The van der Waals surface area contributed by atoms with Gasteiger partial charge in [-0.3, -0.25) is 15.0 Å². The summed E-state index contributed by atoms with van der Waals surface area (Å²) in [7, 11) is 2.11. The third-order valence-corrected chi connectivity index (χ3v) is 3.02. The van der Waals surface area contributed by atoms with E-state index in [4.69, 9.17) is 4.42 Å². The van der Waals surface area contributed by atoms with E-state index < -0.39 is 4.92 Å². The maximum absolute atomic E-state index is 10.5. The largest absolute Gasteiger partial charge is 0.433 e. The molecule has 1 aromatic heterocycles. The minimum absolute atomic E-state index is 0.174. The van der Waals surface area contributed by atoms with Gasteiger partial charge in [-0.25, -0.2) is 0 Å². The van der Waals surface area contributed by atoms with Crippen molar-refractivity contribution in [2.24, 2.45) is 0 Å². The average molecular weight is 239 g/mol. The summed E-state index contributed by atoms with van der Waals surface area (Å²) in [6, 6.07) is 3.10. The maximum atomic E-state index is 10.5. The quantitative estimate of drug-likeness (QED) is 0.588. The van der Waals surface area contributed by atoms with Crippen molar-refractivity contribution in [1.82, 2.24) is 9.80 Å². The predicted octanol–water partition coefficient (Wildman–Crippen LogP) is 1.33. The molecule has 0 atom stereocenters. The Bertz CT molecular complexity index is 391. The molecule has 6 nitrogen and oxygen atoms in total. The van der Waals surface area contributed by atoms with Crippen molar-refractivity contribution < 1.29 is 9.34 Å². The molecule has 0 N–H and O–H groups in total. The van der Waals surface area contributed by atoms with E-state index in [1.165, 1.54) is 6.07 Å². The number of nitrogens with zero attached hydrogens (tertiary/aromatic N) is 3. The molecule has 0 spiro atoms. The first-order chi connectivity index (χ1) is 8.15. The monoisotopic (exact) mass is 239 g/mol. The molecule has 0 unspecified atom stereocenters. The highest BCUT2D eigenvalue weighted by Gasteiger charge is 2.16. The van der Waals surface area contributed by atoms with Gasteiger partial charge in [0.2, 0.25) is 0 Å². The lowest BCUT2D eigenvalue weighted by Gasteiger charge is -2.18. The molecule has 0 aliphatic carbocycles. The van der Waals surface area contributed by atoms with Crippen LogP contribution in [-0.4, -0.2) is 47.9 Å². The second-order valence-electron chi connectivity index (χ2n) is 4.43. The van der Waals surface area contributed by atoms with Crippen LogP contribution in [0.2, 0.25) is 0 Å². The summed E-state index contributed by atoms with van der Waals surface area (Å²) in [5.74, 6) is 0.494. The van der Waals surface area contributed by atoms with Gasteiger partial charge < -0.3 is 9.32 Å². The molecule has 2 heterocycles. The van der Waals surface area contributed by atoms with E-state index in [0.29, 0.717) is 12.3 Å². The third-order valence-electron chi connectivity index (χ3n) is 3.02. The summed E-state index contributed by atoms with van der Waals surface area (Å²) in [5.41, 5.74) is 0.